The van der Waals surface area contributed by atoms with Gasteiger partial charge in [-0.05, 0) is 42.5 Å². The van der Waals surface area contributed by atoms with E-state index in [1.165, 1.54) is 30.3 Å². The molecular formula is C13H10ClNO3. The lowest BCUT2D eigenvalue weighted by Gasteiger charge is -2.07. The maximum absolute atomic E-state index is 11.9. The largest absolute Gasteiger partial charge is 0.508 e. The van der Waals surface area contributed by atoms with E-state index in [0.717, 1.165) is 0 Å². The van der Waals surface area contributed by atoms with Gasteiger partial charge in [0, 0.05) is 10.7 Å². The lowest BCUT2D eigenvalue weighted by molar-refractivity contribution is 0.102. The van der Waals surface area contributed by atoms with Crippen LogP contribution in [-0.2, 0) is 0 Å². The van der Waals surface area contributed by atoms with Crippen LogP contribution in [0.4, 0.5) is 5.69 Å². The van der Waals surface area contributed by atoms with Crippen molar-refractivity contribution in [3.8, 4) is 11.5 Å². The number of phenolic OH excluding ortho intramolecular Hbond substituents is 2. The molecule has 0 heterocycles. The highest BCUT2D eigenvalue weighted by Gasteiger charge is 2.11. The Labute approximate surface area is 108 Å². The molecule has 0 bridgehead atoms. The summed E-state index contributed by atoms with van der Waals surface area (Å²) in [5, 5.41) is 21.7. The number of nitrogens with one attached hydrogen (secondary N) is 1. The first-order valence-corrected chi connectivity index (χ1v) is 5.53. The summed E-state index contributed by atoms with van der Waals surface area (Å²) in [6.45, 7) is 0. The fourth-order valence-electron chi connectivity index (χ4n) is 1.44. The molecule has 0 aliphatic rings. The average Bonchev–Trinajstić information content (AvgIpc) is 2.32. The first-order valence-electron chi connectivity index (χ1n) is 5.15. The number of amides is 1. The second-order valence-corrected chi connectivity index (χ2v) is 4.10. The van der Waals surface area contributed by atoms with Crippen molar-refractivity contribution in [1.82, 2.24) is 0 Å². The number of rotatable bonds is 2. The second kappa shape index (κ2) is 4.98. The molecule has 92 valence electrons. The molecule has 0 aromatic heterocycles. The lowest BCUT2D eigenvalue weighted by atomic mass is 10.2. The van der Waals surface area contributed by atoms with Gasteiger partial charge in [-0.15, -0.1) is 0 Å². The van der Waals surface area contributed by atoms with E-state index in [-0.39, 0.29) is 17.1 Å². The standard InChI is InChI=1S/C13H10ClNO3/c14-8-1-6-11(12(17)7-8)13(18)15-9-2-4-10(16)5-3-9/h1-7,16-17H,(H,15,18). The molecule has 0 saturated heterocycles. The fourth-order valence-corrected chi connectivity index (χ4v) is 1.61. The van der Waals surface area contributed by atoms with Gasteiger partial charge in [0.05, 0.1) is 5.56 Å². The van der Waals surface area contributed by atoms with E-state index in [4.69, 9.17) is 16.7 Å². The molecule has 0 atom stereocenters. The Balaban J connectivity index is 2.19. The number of benzene rings is 2. The number of phenols is 2. The number of hydrogen-bond donors (Lipinski definition) is 3. The Hall–Kier alpha value is -2.20. The third-order valence-corrected chi connectivity index (χ3v) is 2.56. The fraction of sp³-hybridized carbons (Fsp3) is 0. The molecule has 0 saturated carbocycles. The van der Waals surface area contributed by atoms with E-state index in [9.17, 15) is 9.90 Å². The molecule has 4 nitrogen and oxygen atoms in total. The predicted octanol–water partition coefficient (Wildman–Crippen LogP) is 3.00. The van der Waals surface area contributed by atoms with Crippen molar-refractivity contribution in [2.75, 3.05) is 5.32 Å². The summed E-state index contributed by atoms with van der Waals surface area (Å²) in [7, 11) is 0. The molecule has 5 heteroatoms. The Kier molecular flexibility index (Phi) is 3.39. The van der Waals surface area contributed by atoms with Crippen LogP contribution in [0.25, 0.3) is 0 Å². The lowest BCUT2D eigenvalue weighted by Crippen LogP contribution is -2.11. The van der Waals surface area contributed by atoms with E-state index in [2.05, 4.69) is 5.32 Å². The van der Waals surface area contributed by atoms with Crippen molar-refractivity contribution in [2.45, 2.75) is 0 Å². The van der Waals surface area contributed by atoms with E-state index in [1.54, 1.807) is 12.1 Å². The minimum absolute atomic E-state index is 0.113. The van der Waals surface area contributed by atoms with E-state index in [1.807, 2.05) is 0 Å². The second-order valence-electron chi connectivity index (χ2n) is 3.66. The number of halogens is 1. The summed E-state index contributed by atoms with van der Waals surface area (Å²) in [4.78, 5) is 11.9. The van der Waals surface area contributed by atoms with Gasteiger partial charge in [-0.25, -0.2) is 0 Å². The maximum Gasteiger partial charge on any atom is 0.259 e. The third kappa shape index (κ3) is 2.73. The Morgan fingerprint density at radius 3 is 2.33 bits per heavy atom. The summed E-state index contributed by atoms with van der Waals surface area (Å²) in [6.07, 6.45) is 0. The van der Waals surface area contributed by atoms with Crippen LogP contribution >= 0.6 is 11.6 Å². The molecule has 0 fully saturated rings. The van der Waals surface area contributed by atoms with E-state index < -0.39 is 5.91 Å². The number of carbonyl (C=O) groups excluding carboxylic acids is 1. The van der Waals surface area contributed by atoms with Gasteiger partial charge in [0.15, 0.2) is 0 Å². The highest BCUT2D eigenvalue weighted by molar-refractivity contribution is 6.30. The molecule has 2 aromatic rings. The summed E-state index contributed by atoms with van der Waals surface area (Å²) in [5.74, 6) is -0.518. The van der Waals surface area contributed by atoms with Crippen molar-refractivity contribution >= 4 is 23.2 Å². The molecule has 0 unspecified atom stereocenters. The first kappa shape index (κ1) is 12.3. The van der Waals surface area contributed by atoms with Crippen molar-refractivity contribution in [3.05, 3.63) is 53.1 Å². The zero-order valence-corrected chi connectivity index (χ0v) is 9.98. The summed E-state index contributed by atoms with van der Waals surface area (Å²) in [6, 6.07) is 10.3. The van der Waals surface area contributed by atoms with Gasteiger partial charge in [-0.3, -0.25) is 4.79 Å². The molecule has 18 heavy (non-hydrogen) atoms. The van der Waals surface area contributed by atoms with Crippen LogP contribution in [0.1, 0.15) is 10.4 Å². The van der Waals surface area contributed by atoms with E-state index >= 15 is 0 Å². The number of anilines is 1. The van der Waals surface area contributed by atoms with Crippen LogP contribution in [0.3, 0.4) is 0 Å². The first-order chi connectivity index (χ1) is 8.56. The maximum atomic E-state index is 11.9. The smallest absolute Gasteiger partial charge is 0.259 e. The van der Waals surface area contributed by atoms with Crippen molar-refractivity contribution in [3.63, 3.8) is 0 Å². The molecule has 0 aliphatic carbocycles. The summed E-state index contributed by atoms with van der Waals surface area (Å²) in [5.41, 5.74) is 0.652. The average molecular weight is 264 g/mol. The molecule has 1 amide bonds. The number of aromatic hydroxyl groups is 2. The van der Waals surface area contributed by atoms with Crippen LogP contribution in [0.5, 0.6) is 11.5 Å². The Morgan fingerprint density at radius 2 is 1.72 bits per heavy atom. The number of hydrogen-bond acceptors (Lipinski definition) is 3. The zero-order chi connectivity index (χ0) is 13.1. The van der Waals surface area contributed by atoms with Gasteiger partial charge in [0.1, 0.15) is 11.5 Å². The molecule has 2 rings (SSSR count). The number of carbonyl (C=O) groups is 1. The molecular weight excluding hydrogens is 254 g/mol. The van der Waals surface area contributed by atoms with Gasteiger partial charge < -0.3 is 15.5 Å². The highest BCUT2D eigenvalue weighted by atomic mass is 35.5. The van der Waals surface area contributed by atoms with Crippen molar-refractivity contribution in [1.29, 1.82) is 0 Å². The highest BCUT2D eigenvalue weighted by Crippen LogP contribution is 2.23. The summed E-state index contributed by atoms with van der Waals surface area (Å²) >= 11 is 5.68. The van der Waals surface area contributed by atoms with Crippen LogP contribution < -0.4 is 5.32 Å². The minimum atomic E-state index is -0.449. The summed E-state index contributed by atoms with van der Waals surface area (Å²) < 4.78 is 0. The molecule has 0 aliphatic heterocycles. The van der Waals surface area contributed by atoms with Crippen molar-refractivity contribution in [2.24, 2.45) is 0 Å². The topological polar surface area (TPSA) is 69.6 Å². The van der Waals surface area contributed by atoms with Gasteiger partial charge in [0.2, 0.25) is 0 Å². The predicted molar refractivity (Wildman–Crippen MR) is 69.2 cm³/mol. The van der Waals surface area contributed by atoms with Crippen molar-refractivity contribution < 1.29 is 15.0 Å². The Bertz CT molecular complexity index is 581. The zero-order valence-electron chi connectivity index (χ0n) is 9.22. The molecule has 2 aromatic carbocycles. The van der Waals surface area contributed by atoms with Crippen LogP contribution in [0, 0.1) is 0 Å². The van der Waals surface area contributed by atoms with Crippen LogP contribution in [0.2, 0.25) is 5.02 Å². The van der Waals surface area contributed by atoms with Gasteiger partial charge >= 0.3 is 0 Å². The normalized spacial score (nSPS) is 10.1. The minimum Gasteiger partial charge on any atom is -0.508 e. The van der Waals surface area contributed by atoms with Gasteiger partial charge in [0.25, 0.3) is 5.91 Å². The van der Waals surface area contributed by atoms with Gasteiger partial charge in [-0.1, -0.05) is 11.6 Å². The van der Waals surface area contributed by atoms with Crippen LogP contribution in [0.15, 0.2) is 42.5 Å². The Morgan fingerprint density at radius 1 is 1.06 bits per heavy atom. The van der Waals surface area contributed by atoms with Crippen LogP contribution in [-0.4, -0.2) is 16.1 Å². The van der Waals surface area contributed by atoms with E-state index in [0.29, 0.717) is 10.7 Å². The molecule has 3 N–H and O–H groups in total. The SMILES string of the molecule is O=C(Nc1ccc(O)cc1)c1ccc(Cl)cc1O. The van der Waals surface area contributed by atoms with Gasteiger partial charge in [-0.2, -0.15) is 0 Å². The molecule has 0 radical (unpaired) electrons. The third-order valence-electron chi connectivity index (χ3n) is 2.33. The quantitative estimate of drug-likeness (QED) is 0.730. The monoisotopic (exact) mass is 263 g/mol. The molecule has 0 spiro atoms.